The monoisotopic (exact) mass is 325 g/mol. The third kappa shape index (κ3) is 4.65. The predicted octanol–water partition coefficient (Wildman–Crippen LogP) is 2.88. The van der Waals surface area contributed by atoms with Gasteiger partial charge in [0.15, 0.2) is 0 Å². The Labute approximate surface area is 142 Å². The van der Waals surface area contributed by atoms with E-state index in [1.807, 2.05) is 51.1 Å². The molecule has 0 unspecified atom stereocenters. The van der Waals surface area contributed by atoms with Gasteiger partial charge in [0.25, 0.3) is 11.8 Å². The molecule has 0 aliphatic carbocycles. The van der Waals surface area contributed by atoms with E-state index in [0.29, 0.717) is 18.7 Å². The summed E-state index contributed by atoms with van der Waals surface area (Å²) in [5, 5.41) is 2.78. The van der Waals surface area contributed by atoms with Gasteiger partial charge >= 0.3 is 0 Å². The van der Waals surface area contributed by atoms with E-state index in [2.05, 4.69) is 10.3 Å². The minimum atomic E-state index is -0.272. The molecule has 1 heterocycles. The summed E-state index contributed by atoms with van der Waals surface area (Å²) < 4.78 is 0. The fourth-order valence-corrected chi connectivity index (χ4v) is 2.34. The van der Waals surface area contributed by atoms with Crippen LogP contribution in [0.3, 0.4) is 0 Å². The van der Waals surface area contributed by atoms with Gasteiger partial charge in [0.05, 0.1) is 0 Å². The largest absolute Gasteiger partial charge is 0.349 e. The Hall–Kier alpha value is -2.69. The van der Waals surface area contributed by atoms with Crippen molar-refractivity contribution in [2.24, 2.45) is 0 Å². The van der Waals surface area contributed by atoms with Crippen LogP contribution in [0.5, 0.6) is 0 Å². The Bertz CT molecular complexity index is 699. The normalized spacial score (nSPS) is 10.5. The molecule has 0 fully saturated rings. The third-order valence-electron chi connectivity index (χ3n) is 3.54. The van der Waals surface area contributed by atoms with Crippen LogP contribution in [0.1, 0.15) is 47.2 Å². The summed E-state index contributed by atoms with van der Waals surface area (Å²) in [6.07, 6.45) is 1.50. The molecule has 1 aromatic heterocycles. The predicted molar refractivity (Wildman–Crippen MR) is 93.7 cm³/mol. The van der Waals surface area contributed by atoms with Gasteiger partial charge in [0.2, 0.25) is 0 Å². The maximum atomic E-state index is 12.7. The molecule has 0 saturated carbocycles. The molecule has 2 rings (SSSR count). The van der Waals surface area contributed by atoms with E-state index in [1.165, 1.54) is 6.20 Å². The molecular formula is C19H23N3O2. The molecule has 2 amide bonds. The second-order valence-electron chi connectivity index (χ2n) is 5.86. The van der Waals surface area contributed by atoms with Crippen LogP contribution in [0, 0.1) is 0 Å². The molecule has 0 aliphatic heterocycles. The smallest absolute Gasteiger partial charge is 0.270 e. The van der Waals surface area contributed by atoms with Crippen molar-refractivity contribution in [3.63, 3.8) is 0 Å². The summed E-state index contributed by atoms with van der Waals surface area (Å²) >= 11 is 0. The molecule has 1 N–H and O–H groups in total. The minimum Gasteiger partial charge on any atom is -0.349 e. The molecular weight excluding hydrogens is 302 g/mol. The van der Waals surface area contributed by atoms with Gasteiger partial charge in [-0.3, -0.25) is 14.6 Å². The Morgan fingerprint density at radius 2 is 1.88 bits per heavy atom. The van der Waals surface area contributed by atoms with E-state index in [9.17, 15) is 9.59 Å². The maximum Gasteiger partial charge on any atom is 0.270 e. The highest BCUT2D eigenvalue weighted by molar-refractivity contribution is 5.98. The summed E-state index contributed by atoms with van der Waals surface area (Å²) in [7, 11) is 0. The average Bonchev–Trinajstić information content (AvgIpc) is 2.59. The zero-order valence-electron chi connectivity index (χ0n) is 14.3. The average molecular weight is 325 g/mol. The van der Waals surface area contributed by atoms with Crippen LogP contribution >= 0.6 is 0 Å². The second kappa shape index (κ2) is 8.24. The quantitative estimate of drug-likeness (QED) is 0.888. The van der Waals surface area contributed by atoms with Crippen molar-refractivity contribution in [1.82, 2.24) is 15.2 Å². The molecule has 0 aliphatic rings. The fourth-order valence-electron chi connectivity index (χ4n) is 2.34. The first-order valence-corrected chi connectivity index (χ1v) is 8.11. The van der Waals surface area contributed by atoms with Crippen molar-refractivity contribution in [2.75, 3.05) is 6.54 Å². The topological polar surface area (TPSA) is 62.3 Å². The minimum absolute atomic E-state index is 0.0175. The van der Waals surface area contributed by atoms with Crippen LogP contribution in [-0.2, 0) is 6.54 Å². The number of amides is 2. The number of hydrogen-bond donors (Lipinski definition) is 1. The molecule has 0 radical (unpaired) electrons. The van der Waals surface area contributed by atoms with E-state index in [4.69, 9.17) is 0 Å². The van der Waals surface area contributed by atoms with Gasteiger partial charge in [-0.15, -0.1) is 0 Å². The third-order valence-corrected chi connectivity index (χ3v) is 3.54. The van der Waals surface area contributed by atoms with Crippen molar-refractivity contribution in [3.05, 3.63) is 65.5 Å². The Kier molecular flexibility index (Phi) is 6.07. The molecule has 1 aromatic carbocycles. The SMILES string of the molecule is CCN(Cc1ccccc1)C(=O)c1ccnc(C(=O)NC(C)C)c1. The van der Waals surface area contributed by atoms with Gasteiger partial charge in [-0.2, -0.15) is 0 Å². The number of rotatable bonds is 6. The van der Waals surface area contributed by atoms with Crippen LogP contribution in [0.25, 0.3) is 0 Å². The number of aromatic nitrogens is 1. The molecule has 0 bridgehead atoms. The number of carbonyl (C=O) groups excluding carboxylic acids is 2. The number of nitrogens with one attached hydrogen (secondary N) is 1. The standard InChI is InChI=1S/C19H23N3O2/c1-4-22(13-15-8-6-5-7-9-15)19(24)16-10-11-20-17(12-16)18(23)21-14(2)3/h5-12,14H,4,13H2,1-3H3,(H,21,23). The lowest BCUT2D eigenvalue weighted by Gasteiger charge is -2.21. The van der Waals surface area contributed by atoms with Crippen LogP contribution in [0.4, 0.5) is 0 Å². The lowest BCUT2D eigenvalue weighted by Crippen LogP contribution is -2.32. The van der Waals surface area contributed by atoms with Crippen molar-refractivity contribution >= 4 is 11.8 Å². The van der Waals surface area contributed by atoms with Gasteiger partial charge in [-0.25, -0.2) is 0 Å². The maximum absolute atomic E-state index is 12.7. The van der Waals surface area contributed by atoms with Gasteiger partial charge in [-0.1, -0.05) is 30.3 Å². The first-order valence-electron chi connectivity index (χ1n) is 8.11. The highest BCUT2D eigenvalue weighted by Gasteiger charge is 2.17. The van der Waals surface area contributed by atoms with Gasteiger partial charge < -0.3 is 10.2 Å². The summed E-state index contributed by atoms with van der Waals surface area (Å²) in [6.45, 7) is 6.82. The van der Waals surface area contributed by atoms with E-state index < -0.39 is 0 Å². The van der Waals surface area contributed by atoms with Crippen LogP contribution < -0.4 is 5.32 Å². The summed E-state index contributed by atoms with van der Waals surface area (Å²) in [5.41, 5.74) is 1.79. The first kappa shape index (κ1) is 17.7. The number of hydrogen-bond acceptors (Lipinski definition) is 3. The van der Waals surface area contributed by atoms with E-state index >= 15 is 0 Å². The lowest BCUT2D eigenvalue weighted by atomic mass is 10.1. The molecule has 126 valence electrons. The Morgan fingerprint density at radius 1 is 1.17 bits per heavy atom. The molecule has 0 spiro atoms. The van der Waals surface area contributed by atoms with Crippen molar-refractivity contribution in [1.29, 1.82) is 0 Å². The van der Waals surface area contributed by atoms with E-state index in [1.54, 1.807) is 17.0 Å². The highest BCUT2D eigenvalue weighted by Crippen LogP contribution is 2.11. The number of nitrogens with zero attached hydrogens (tertiary/aromatic N) is 2. The molecule has 5 heteroatoms. The van der Waals surface area contributed by atoms with E-state index in [-0.39, 0.29) is 23.6 Å². The fraction of sp³-hybridized carbons (Fsp3) is 0.316. The molecule has 0 atom stereocenters. The Balaban J connectivity index is 2.17. The second-order valence-corrected chi connectivity index (χ2v) is 5.86. The number of carbonyl (C=O) groups is 2. The summed E-state index contributed by atoms with van der Waals surface area (Å²) in [4.78, 5) is 30.6. The highest BCUT2D eigenvalue weighted by atomic mass is 16.2. The van der Waals surface area contributed by atoms with Gasteiger partial charge in [0.1, 0.15) is 5.69 Å². The van der Waals surface area contributed by atoms with Crippen molar-refractivity contribution in [2.45, 2.75) is 33.4 Å². The molecule has 5 nitrogen and oxygen atoms in total. The van der Waals surface area contributed by atoms with Crippen molar-refractivity contribution in [3.8, 4) is 0 Å². The van der Waals surface area contributed by atoms with E-state index in [0.717, 1.165) is 5.56 Å². The Morgan fingerprint density at radius 3 is 2.50 bits per heavy atom. The van der Waals surface area contributed by atoms with Gasteiger partial charge in [0, 0.05) is 30.9 Å². The van der Waals surface area contributed by atoms with Crippen LogP contribution in [0.2, 0.25) is 0 Å². The zero-order chi connectivity index (χ0) is 17.5. The first-order chi connectivity index (χ1) is 11.5. The zero-order valence-corrected chi connectivity index (χ0v) is 14.3. The summed E-state index contributed by atoms with van der Waals surface area (Å²) in [5.74, 6) is -0.381. The summed E-state index contributed by atoms with van der Waals surface area (Å²) in [6, 6.07) is 13.0. The molecule has 24 heavy (non-hydrogen) atoms. The number of pyridine rings is 1. The van der Waals surface area contributed by atoms with Crippen LogP contribution in [0.15, 0.2) is 48.7 Å². The lowest BCUT2D eigenvalue weighted by molar-refractivity contribution is 0.0752. The van der Waals surface area contributed by atoms with Crippen molar-refractivity contribution < 1.29 is 9.59 Å². The molecule has 2 aromatic rings. The van der Waals surface area contributed by atoms with Crippen LogP contribution in [-0.4, -0.2) is 34.3 Å². The molecule has 0 saturated heterocycles. The number of benzene rings is 1. The van der Waals surface area contributed by atoms with Gasteiger partial charge in [-0.05, 0) is 38.5 Å².